The highest BCUT2D eigenvalue weighted by Crippen LogP contribution is 2.50. The molecule has 1 heterocycles. The summed E-state index contributed by atoms with van der Waals surface area (Å²) in [4.78, 5) is 26.5. The maximum atomic E-state index is 13.9. The van der Waals surface area contributed by atoms with Gasteiger partial charge in [-0.2, -0.15) is 5.26 Å². The maximum absolute atomic E-state index is 13.9. The highest BCUT2D eigenvalue weighted by atomic mass is 35.5. The van der Waals surface area contributed by atoms with E-state index in [-0.39, 0.29) is 40.2 Å². The topological polar surface area (TPSA) is 113 Å². The van der Waals surface area contributed by atoms with E-state index in [2.05, 4.69) is 6.07 Å². The number of nitrogens with two attached hydrogens (primary N) is 1. The van der Waals surface area contributed by atoms with Crippen LogP contribution in [0, 0.1) is 21.4 Å². The summed E-state index contributed by atoms with van der Waals surface area (Å²) in [6.45, 7) is 0. The molecule has 0 amide bonds. The number of Topliss-reactive ketones (excluding diaryl/α,β-unsaturated/α-hetero) is 1. The van der Waals surface area contributed by atoms with E-state index in [0.717, 1.165) is 5.56 Å². The van der Waals surface area contributed by atoms with Gasteiger partial charge in [-0.3, -0.25) is 19.8 Å². The number of anilines is 1. The largest absolute Gasteiger partial charge is 0.384 e. The monoisotopic (exact) mass is 530 g/mol. The first-order valence-corrected chi connectivity index (χ1v) is 12.3. The normalized spacial score (nSPS) is 19.5. The van der Waals surface area contributed by atoms with Crippen LogP contribution < -0.4 is 10.6 Å². The first-order chi connectivity index (χ1) is 17.8. The lowest BCUT2D eigenvalue weighted by molar-refractivity contribution is -0.384. The van der Waals surface area contributed by atoms with Crippen molar-refractivity contribution in [2.75, 3.05) is 4.90 Å². The second kappa shape index (κ2) is 9.74. The van der Waals surface area contributed by atoms with Crippen LogP contribution in [0.4, 0.5) is 11.4 Å². The lowest BCUT2D eigenvalue weighted by Crippen LogP contribution is -2.40. The number of nitrogens with zero attached hydrogens (tertiary/aromatic N) is 3. The van der Waals surface area contributed by atoms with Crippen LogP contribution >= 0.6 is 23.2 Å². The first kappa shape index (κ1) is 24.6. The molecule has 1 aliphatic carbocycles. The Hall–Kier alpha value is -4.12. The summed E-state index contributed by atoms with van der Waals surface area (Å²) in [6.07, 6.45) is 0.679. The Balaban J connectivity index is 1.77. The van der Waals surface area contributed by atoms with Gasteiger partial charge >= 0.3 is 0 Å². The average molecular weight is 531 g/mol. The standard InChI is InChI=1S/C28H20Cl2N4O3/c29-21-9-5-4-8-19(21)26-20(15-31)28(32)33(18-10-11-22(30)23(14-18)34(36)37)24-12-17(13-25(35)27(24)26)16-6-2-1-3-7-16/h1-11,14,17,26H,12-13,32H2/t17-,26+/m1/s1. The van der Waals surface area contributed by atoms with Crippen LogP contribution in [0.1, 0.15) is 35.8 Å². The molecule has 5 rings (SSSR count). The Morgan fingerprint density at radius 3 is 2.38 bits per heavy atom. The molecule has 0 radical (unpaired) electrons. The van der Waals surface area contributed by atoms with Gasteiger partial charge in [0.15, 0.2) is 5.78 Å². The zero-order chi connectivity index (χ0) is 26.3. The number of nitro benzene ring substituents is 1. The van der Waals surface area contributed by atoms with Crippen LogP contribution in [0.2, 0.25) is 10.0 Å². The van der Waals surface area contributed by atoms with E-state index in [4.69, 9.17) is 28.9 Å². The number of nitro groups is 1. The summed E-state index contributed by atoms with van der Waals surface area (Å²) >= 11 is 12.6. The predicted octanol–water partition coefficient (Wildman–Crippen LogP) is 6.60. The van der Waals surface area contributed by atoms with E-state index in [0.29, 0.717) is 34.0 Å². The number of hydrogen-bond acceptors (Lipinski definition) is 6. The fraction of sp³-hybridized carbons (Fsp3) is 0.143. The molecule has 0 saturated carbocycles. The predicted molar refractivity (Wildman–Crippen MR) is 142 cm³/mol. The van der Waals surface area contributed by atoms with Crippen molar-refractivity contribution in [1.29, 1.82) is 5.26 Å². The van der Waals surface area contributed by atoms with Crippen molar-refractivity contribution in [2.45, 2.75) is 24.7 Å². The van der Waals surface area contributed by atoms with Crippen molar-refractivity contribution in [2.24, 2.45) is 5.73 Å². The van der Waals surface area contributed by atoms with Gasteiger partial charge in [-0.1, -0.05) is 71.7 Å². The maximum Gasteiger partial charge on any atom is 0.289 e. The third-order valence-corrected chi connectivity index (χ3v) is 7.50. The van der Waals surface area contributed by atoms with Gasteiger partial charge in [-0.05, 0) is 41.7 Å². The molecule has 1 aliphatic heterocycles. The SMILES string of the molecule is N#CC1=C(N)N(c2ccc(Cl)c([N+](=O)[O-])c2)C2=C(C(=O)C[C@H](c3ccccc3)C2)[C@H]1c1ccccc1Cl. The molecule has 37 heavy (non-hydrogen) atoms. The molecule has 0 spiro atoms. The van der Waals surface area contributed by atoms with Crippen LogP contribution in [0.15, 0.2) is 95.5 Å². The van der Waals surface area contributed by atoms with Crippen LogP contribution in [-0.2, 0) is 4.79 Å². The molecule has 0 fully saturated rings. The third-order valence-electron chi connectivity index (χ3n) is 6.84. The highest BCUT2D eigenvalue weighted by molar-refractivity contribution is 6.32. The Morgan fingerprint density at radius 1 is 1.00 bits per heavy atom. The first-order valence-electron chi connectivity index (χ1n) is 11.5. The molecule has 184 valence electrons. The molecule has 0 aromatic heterocycles. The van der Waals surface area contributed by atoms with E-state index < -0.39 is 10.8 Å². The van der Waals surface area contributed by atoms with Gasteiger partial charge in [-0.25, -0.2) is 0 Å². The summed E-state index contributed by atoms with van der Waals surface area (Å²) in [5, 5.41) is 22.2. The van der Waals surface area contributed by atoms with Crippen molar-refractivity contribution in [3.63, 3.8) is 0 Å². The second-order valence-electron chi connectivity index (χ2n) is 8.89. The van der Waals surface area contributed by atoms with Gasteiger partial charge in [0.2, 0.25) is 0 Å². The molecule has 0 bridgehead atoms. The molecule has 7 nitrogen and oxygen atoms in total. The number of rotatable bonds is 4. The molecule has 0 saturated heterocycles. The minimum Gasteiger partial charge on any atom is -0.384 e. The molecular weight excluding hydrogens is 511 g/mol. The molecule has 0 unspecified atom stereocenters. The highest BCUT2D eigenvalue weighted by Gasteiger charge is 2.43. The minimum absolute atomic E-state index is 0.0288. The van der Waals surface area contributed by atoms with E-state index >= 15 is 0 Å². The van der Waals surface area contributed by atoms with Crippen molar-refractivity contribution < 1.29 is 9.72 Å². The molecular formula is C28H20Cl2N4O3. The van der Waals surface area contributed by atoms with Gasteiger partial charge in [0.1, 0.15) is 10.8 Å². The fourth-order valence-electron chi connectivity index (χ4n) is 5.19. The fourth-order valence-corrected chi connectivity index (χ4v) is 5.62. The summed E-state index contributed by atoms with van der Waals surface area (Å²) < 4.78 is 0. The molecule has 2 atom stereocenters. The molecule has 3 aromatic rings. The number of halogens is 2. The quantitative estimate of drug-likeness (QED) is 0.300. The number of benzene rings is 3. The third kappa shape index (κ3) is 4.25. The second-order valence-corrected chi connectivity index (χ2v) is 9.71. The van der Waals surface area contributed by atoms with Crippen molar-refractivity contribution >= 4 is 40.4 Å². The van der Waals surface area contributed by atoms with Crippen LogP contribution in [0.25, 0.3) is 0 Å². The van der Waals surface area contributed by atoms with E-state index in [9.17, 15) is 20.2 Å². The molecule has 2 N–H and O–H groups in total. The zero-order valence-electron chi connectivity index (χ0n) is 19.4. The summed E-state index contributed by atoms with van der Waals surface area (Å²) in [5.41, 5.74) is 9.42. The van der Waals surface area contributed by atoms with Crippen molar-refractivity contribution in [1.82, 2.24) is 0 Å². The number of allylic oxidation sites excluding steroid dienone is 3. The van der Waals surface area contributed by atoms with Gasteiger partial charge < -0.3 is 5.73 Å². The zero-order valence-corrected chi connectivity index (χ0v) is 20.9. The lowest BCUT2D eigenvalue weighted by atomic mass is 9.72. The summed E-state index contributed by atoms with van der Waals surface area (Å²) in [7, 11) is 0. The molecule has 3 aromatic carbocycles. The number of nitriles is 1. The molecule has 9 heteroatoms. The Labute approximate surface area is 223 Å². The van der Waals surface area contributed by atoms with Crippen molar-refractivity contribution in [3.05, 3.63) is 127 Å². The van der Waals surface area contributed by atoms with Gasteiger partial charge in [0.05, 0.1) is 28.2 Å². The van der Waals surface area contributed by atoms with E-state index in [1.165, 1.54) is 12.1 Å². The van der Waals surface area contributed by atoms with E-state index in [1.807, 2.05) is 30.3 Å². The Bertz CT molecular complexity index is 1540. The van der Waals surface area contributed by atoms with Gasteiger partial charge in [0, 0.05) is 28.8 Å². The summed E-state index contributed by atoms with van der Waals surface area (Å²) in [6, 6.07) is 23.2. The smallest absolute Gasteiger partial charge is 0.289 e. The summed E-state index contributed by atoms with van der Waals surface area (Å²) in [5.74, 6) is -0.935. The Kier molecular flexibility index (Phi) is 6.46. The van der Waals surface area contributed by atoms with Crippen LogP contribution in [0.3, 0.4) is 0 Å². The van der Waals surface area contributed by atoms with Crippen molar-refractivity contribution in [3.8, 4) is 6.07 Å². The number of carbonyl (C=O) groups excluding carboxylic acids is 1. The minimum atomic E-state index is -0.753. The number of carbonyl (C=O) groups is 1. The lowest BCUT2D eigenvalue weighted by Gasteiger charge is -2.41. The molecule has 2 aliphatic rings. The Morgan fingerprint density at radius 2 is 1.70 bits per heavy atom. The number of hydrogen-bond donors (Lipinski definition) is 1. The van der Waals surface area contributed by atoms with Crippen LogP contribution in [-0.4, -0.2) is 10.7 Å². The van der Waals surface area contributed by atoms with Gasteiger partial charge in [0.25, 0.3) is 5.69 Å². The van der Waals surface area contributed by atoms with Gasteiger partial charge in [-0.15, -0.1) is 0 Å². The average Bonchev–Trinajstić information content (AvgIpc) is 2.89. The van der Waals surface area contributed by atoms with Crippen LogP contribution in [0.5, 0.6) is 0 Å². The van der Waals surface area contributed by atoms with E-state index in [1.54, 1.807) is 35.2 Å². The number of ketones is 1.